The molecular formula is C14H12N4O. The van der Waals surface area contributed by atoms with Crippen LogP contribution in [0.2, 0.25) is 0 Å². The van der Waals surface area contributed by atoms with E-state index in [-0.39, 0.29) is 5.56 Å². The van der Waals surface area contributed by atoms with E-state index in [9.17, 15) is 4.79 Å². The summed E-state index contributed by atoms with van der Waals surface area (Å²) < 4.78 is 1.73. The van der Waals surface area contributed by atoms with Crippen LogP contribution in [0.1, 0.15) is 24.6 Å². The average molecular weight is 252 g/mol. The van der Waals surface area contributed by atoms with E-state index in [4.69, 9.17) is 0 Å². The van der Waals surface area contributed by atoms with Gasteiger partial charge < -0.3 is 0 Å². The quantitative estimate of drug-likeness (QED) is 0.758. The Morgan fingerprint density at radius 3 is 2.74 bits per heavy atom. The van der Waals surface area contributed by atoms with E-state index in [0.29, 0.717) is 11.7 Å². The first kappa shape index (κ1) is 10.5. The highest BCUT2D eigenvalue weighted by Gasteiger charge is 2.28. The number of aromatic nitrogens is 4. The number of nitrogens with zero attached hydrogens (tertiary/aromatic N) is 3. The maximum absolute atomic E-state index is 11.7. The maximum Gasteiger partial charge on any atom is 0.252 e. The van der Waals surface area contributed by atoms with Crippen LogP contribution < -0.4 is 5.56 Å². The molecule has 5 heteroatoms. The molecule has 1 aliphatic rings. The Hall–Kier alpha value is -2.43. The van der Waals surface area contributed by atoms with Gasteiger partial charge in [0.1, 0.15) is 0 Å². The van der Waals surface area contributed by atoms with Gasteiger partial charge in [0, 0.05) is 17.5 Å². The third-order valence-corrected chi connectivity index (χ3v) is 3.37. The highest BCUT2D eigenvalue weighted by Crippen LogP contribution is 2.38. The maximum atomic E-state index is 11.7. The number of aromatic amines is 1. The smallest absolute Gasteiger partial charge is 0.252 e. The van der Waals surface area contributed by atoms with Crippen molar-refractivity contribution in [3.8, 4) is 11.3 Å². The molecule has 0 amide bonds. The molecule has 1 aliphatic carbocycles. The lowest BCUT2D eigenvalue weighted by molar-refractivity contribution is 0.875. The highest BCUT2D eigenvalue weighted by atomic mass is 16.1. The van der Waals surface area contributed by atoms with E-state index in [1.807, 2.05) is 30.3 Å². The van der Waals surface area contributed by atoms with Crippen LogP contribution in [0, 0.1) is 0 Å². The summed E-state index contributed by atoms with van der Waals surface area (Å²) in [7, 11) is 0. The van der Waals surface area contributed by atoms with E-state index in [0.717, 1.165) is 29.9 Å². The average Bonchev–Trinajstić information content (AvgIpc) is 3.19. The summed E-state index contributed by atoms with van der Waals surface area (Å²) in [6.45, 7) is 0. The zero-order valence-corrected chi connectivity index (χ0v) is 10.2. The molecule has 5 nitrogen and oxygen atoms in total. The molecule has 0 bridgehead atoms. The molecule has 1 fully saturated rings. The summed E-state index contributed by atoms with van der Waals surface area (Å²) in [6, 6.07) is 11.3. The Labute approximate surface area is 108 Å². The molecule has 0 spiro atoms. The summed E-state index contributed by atoms with van der Waals surface area (Å²) >= 11 is 0. The second-order valence-electron chi connectivity index (χ2n) is 4.86. The fourth-order valence-electron chi connectivity index (χ4n) is 2.24. The summed E-state index contributed by atoms with van der Waals surface area (Å²) in [6.07, 6.45) is 2.28. The SMILES string of the molecule is O=c1cc(-c2ccccc2)n2nc(C3CC3)nc2[nH]1. The van der Waals surface area contributed by atoms with Crippen LogP contribution in [0.4, 0.5) is 0 Å². The molecule has 0 atom stereocenters. The van der Waals surface area contributed by atoms with Crippen molar-refractivity contribution in [1.82, 2.24) is 19.6 Å². The monoisotopic (exact) mass is 252 g/mol. The molecule has 4 rings (SSSR count). The number of nitrogens with one attached hydrogen (secondary N) is 1. The van der Waals surface area contributed by atoms with Gasteiger partial charge in [0.2, 0.25) is 5.78 Å². The molecule has 0 radical (unpaired) electrons. The van der Waals surface area contributed by atoms with E-state index < -0.39 is 0 Å². The molecule has 3 aromatic rings. The molecule has 1 saturated carbocycles. The predicted octanol–water partition coefficient (Wildman–Crippen LogP) is 1.96. The zero-order chi connectivity index (χ0) is 12.8. The second-order valence-corrected chi connectivity index (χ2v) is 4.86. The van der Waals surface area contributed by atoms with Crippen molar-refractivity contribution in [3.63, 3.8) is 0 Å². The van der Waals surface area contributed by atoms with Crippen molar-refractivity contribution in [2.45, 2.75) is 18.8 Å². The minimum Gasteiger partial charge on any atom is -0.291 e. The first-order chi connectivity index (χ1) is 9.31. The molecule has 1 aromatic carbocycles. The van der Waals surface area contributed by atoms with Crippen molar-refractivity contribution in [2.24, 2.45) is 0 Å². The van der Waals surface area contributed by atoms with Crippen molar-refractivity contribution in [2.75, 3.05) is 0 Å². The lowest BCUT2D eigenvalue weighted by Crippen LogP contribution is -2.09. The van der Waals surface area contributed by atoms with Gasteiger partial charge in [-0.1, -0.05) is 30.3 Å². The van der Waals surface area contributed by atoms with Crippen molar-refractivity contribution in [3.05, 3.63) is 52.6 Å². The summed E-state index contributed by atoms with van der Waals surface area (Å²) in [5.41, 5.74) is 1.59. The van der Waals surface area contributed by atoms with Gasteiger partial charge in [-0.3, -0.25) is 9.78 Å². The minimum atomic E-state index is -0.152. The Bertz CT molecular complexity index is 799. The van der Waals surface area contributed by atoms with Gasteiger partial charge in [-0.25, -0.2) is 0 Å². The van der Waals surface area contributed by atoms with Gasteiger partial charge in [-0.05, 0) is 12.8 Å². The lowest BCUT2D eigenvalue weighted by Gasteiger charge is -2.02. The lowest BCUT2D eigenvalue weighted by atomic mass is 10.1. The minimum absolute atomic E-state index is 0.152. The van der Waals surface area contributed by atoms with Crippen LogP contribution in [0.25, 0.3) is 17.0 Å². The predicted molar refractivity (Wildman–Crippen MR) is 71.0 cm³/mol. The third kappa shape index (κ3) is 1.74. The largest absolute Gasteiger partial charge is 0.291 e. The van der Waals surface area contributed by atoms with Gasteiger partial charge >= 0.3 is 0 Å². The number of hydrogen-bond donors (Lipinski definition) is 1. The summed E-state index contributed by atoms with van der Waals surface area (Å²) in [5, 5.41) is 4.53. The van der Waals surface area contributed by atoms with Crippen LogP contribution in [0.5, 0.6) is 0 Å². The molecule has 1 N–H and O–H groups in total. The highest BCUT2D eigenvalue weighted by molar-refractivity contribution is 5.61. The van der Waals surface area contributed by atoms with Crippen molar-refractivity contribution in [1.29, 1.82) is 0 Å². The number of H-pyrrole nitrogens is 1. The summed E-state index contributed by atoms with van der Waals surface area (Å²) in [5.74, 6) is 1.82. The Morgan fingerprint density at radius 2 is 2.00 bits per heavy atom. The van der Waals surface area contributed by atoms with Gasteiger partial charge in [0.25, 0.3) is 5.56 Å². The number of rotatable bonds is 2. The van der Waals surface area contributed by atoms with Crippen LogP contribution in [-0.4, -0.2) is 19.6 Å². The third-order valence-electron chi connectivity index (χ3n) is 3.37. The molecule has 0 aliphatic heterocycles. The molecule has 94 valence electrons. The molecule has 2 heterocycles. The van der Waals surface area contributed by atoms with Crippen LogP contribution in [-0.2, 0) is 0 Å². The van der Waals surface area contributed by atoms with Gasteiger partial charge in [0.05, 0.1) is 5.69 Å². The molecule has 0 unspecified atom stereocenters. The molecule has 2 aromatic heterocycles. The number of fused-ring (bicyclic) bond motifs is 1. The number of hydrogen-bond acceptors (Lipinski definition) is 3. The van der Waals surface area contributed by atoms with Gasteiger partial charge in [-0.2, -0.15) is 9.50 Å². The fourth-order valence-corrected chi connectivity index (χ4v) is 2.24. The first-order valence-corrected chi connectivity index (χ1v) is 6.37. The summed E-state index contributed by atoms with van der Waals surface area (Å²) in [4.78, 5) is 18.9. The Kier molecular flexibility index (Phi) is 2.09. The zero-order valence-electron chi connectivity index (χ0n) is 10.2. The van der Waals surface area contributed by atoms with E-state index in [1.165, 1.54) is 0 Å². The topological polar surface area (TPSA) is 63.1 Å². The van der Waals surface area contributed by atoms with Gasteiger partial charge in [0.15, 0.2) is 5.82 Å². The van der Waals surface area contributed by atoms with Crippen molar-refractivity contribution < 1.29 is 0 Å². The van der Waals surface area contributed by atoms with Crippen LogP contribution in [0.3, 0.4) is 0 Å². The number of benzene rings is 1. The van der Waals surface area contributed by atoms with E-state index >= 15 is 0 Å². The molecule has 0 saturated heterocycles. The van der Waals surface area contributed by atoms with Crippen LogP contribution >= 0.6 is 0 Å². The van der Waals surface area contributed by atoms with E-state index in [1.54, 1.807) is 10.6 Å². The van der Waals surface area contributed by atoms with Gasteiger partial charge in [-0.15, -0.1) is 5.10 Å². The molecule has 19 heavy (non-hydrogen) atoms. The Balaban J connectivity index is 2.00. The standard InChI is InChI=1S/C14H12N4O/c19-12-8-11(9-4-2-1-3-5-9)18-14(15-12)16-13(17-18)10-6-7-10/h1-5,8,10H,6-7H2,(H,15,16,17,19). The fraction of sp³-hybridized carbons (Fsp3) is 0.214. The Morgan fingerprint density at radius 1 is 1.21 bits per heavy atom. The normalized spacial score (nSPS) is 14.9. The molecular weight excluding hydrogens is 240 g/mol. The first-order valence-electron chi connectivity index (χ1n) is 6.37. The van der Waals surface area contributed by atoms with Crippen LogP contribution in [0.15, 0.2) is 41.2 Å². The van der Waals surface area contributed by atoms with Crippen molar-refractivity contribution >= 4 is 5.78 Å². The second kappa shape index (κ2) is 3.78. The van der Waals surface area contributed by atoms with E-state index in [2.05, 4.69) is 15.1 Å².